The largest absolute Gasteiger partial charge is 0.383 e. The normalized spacial score (nSPS) is 18.0. The zero-order valence-corrected chi connectivity index (χ0v) is 14.6. The maximum Gasteiger partial charge on any atom is 0.321 e. The molecule has 2 heterocycles. The number of fused-ring (bicyclic) bond motifs is 1. The molecule has 2 aliphatic rings. The lowest BCUT2D eigenvalue weighted by Gasteiger charge is -2.19. The second-order valence-electron chi connectivity index (χ2n) is 6.03. The Kier molecular flexibility index (Phi) is 5.07. The fourth-order valence-electron chi connectivity index (χ4n) is 3.18. The minimum Gasteiger partial charge on any atom is -0.383 e. The standard InChI is InChI=1S/C16H23N3O4S/c1-23-11-7-17-16(20)19-10-6-13-12-14(4-5-15(13)19)24(21,22)18-8-2-3-9-18/h4-5,12H,2-3,6-11H2,1H3,(H,17,20). The average molecular weight is 353 g/mol. The number of methoxy groups -OCH3 is 1. The summed E-state index contributed by atoms with van der Waals surface area (Å²) in [5, 5.41) is 2.79. The minimum atomic E-state index is -3.42. The van der Waals surface area contributed by atoms with Gasteiger partial charge in [-0.1, -0.05) is 0 Å². The summed E-state index contributed by atoms with van der Waals surface area (Å²) in [6, 6.07) is 4.88. The number of hydrogen-bond donors (Lipinski definition) is 1. The van der Waals surface area contributed by atoms with E-state index in [-0.39, 0.29) is 6.03 Å². The first-order chi connectivity index (χ1) is 11.5. The summed E-state index contributed by atoms with van der Waals surface area (Å²) in [5.41, 5.74) is 1.68. The molecule has 1 aromatic carbocycles. The van der Waals surface area contributed by atoms with Gasteiger partial charge >= 0.3 is 6.03 Å². The van der Waals surface area contributed by atoms with Crippen LogP contribution in [-0.4, -0.2) is 58.6 Å². The summed E-state index contributed by atoms with van der Waals surface area (Å²) >= 11 is 0. The van der Waals surface area contributed by atoms with Crippen LogP contribution in [0.3, 0.4) is 0 Å². The number of urea groups is 1. The van der Waals surface area contributed by atoms with Crippen LogP contribution in [0, 0.1) is 0 Å². The van der Waals surface area contributed by atoms with E-state index < -0.39 is 10.0 Å². The third-order valence-corrected chi connectivity index (χ3v) is 6.37. The van der Waals surface area contributed by atoms with Crippen molar-refractivity contribution in [1.82, 2.24) is 9.62 Å². The highest BCUT2D eigenvalue weighted by molar-refractivity contribution is 7.89. The van der Waals surface area contributed by atoms with Gasteiger partial charge in [0.15, 0.2) is 0 Å². The van der Waals surface area contributed by atoms with Crippen molar-refractivity contribution in [2.75, 3.05) is 44.8 Å². The zero-order chi connectivity index (χ0) is 17.2. The highest BCUT2D eigenvalue weighted by atomic mass is 32.2. The van der Waals surface area contributed by atoms with Crippen LogP contribution in [0.25, 0.3) is 0 Å². The highest BCUT2D eigenvalue weighted by Crippen LogP contribution is 2.31. The molecule has 1 N–H and O–H groups in total. The third kappa shape index (κ3) is 3.26. The first-order valence-corrected chi connectivity index (χ1v) is 9.65. The second kappa shape index (κ2) is 7.08. The number of ether oxygens (including phenoxy) is 1. The first-order valence-electron chi connectivity index (χ1n) is 8.21. The van der Waals surface area contributed by atoms with Crippen LogP contribution >= 0.6 is 0 Å². The van der Waals surface area contributed by atoms with Gasteiger partial charge < -0.3 is 10.1 Å². The maximum absolute atomic E-state index is 12.6. The van der Waals surface area contributed by atoms with E-state index >= 15 is 0 Å². The molecule has 1 fully saturated rings. The van der Waals surface area contributed by atoms with Crippen LogP contribution in [0.5, 0.6) is 0 Å². The van der Waals surface area contributed by atoms with Gasteiger partial charge in [0, 0.05) is 39.0 Å². The topological polar surface area (TPSA) is 79.0 Å². The Balaban J connectivity index is 1.77. The summed E-state index contributed by atoms with van der Waals surface area (Å²) in [6.45, 7) is 2.64. The van der Waals surface area contributed by atoms with E-state index in [1.807, 2.05) is 0 Å². The Hall–Kier alpha value is -1.64. The average Bonchev–Trinajstić information content (AvgIpc) is 3.24. The summed E-state index contributed by atoms with van der Waals surface area (Å²) in [6.07, 6.45) is 2.50. The van der Waals surface area contributed by atoms with Crippen molar-refractivity contribution in [1.29, 1.82) is 0 Å². The second-order valence-corrected chi connectivity index (χ2v) is 7.97. The van der Waals surface area contributed by atoms with Crippen molar-refractivity contribution in [3.05, 3.63) is 23.8 Å². The van der Waals surface area contributed by atoms with Gasteiger partial charge in [-0.25, -0.2) is 13.2 Å². The van der Waals surface area contributed by atoms with Crippen LogP contribution in [0.2, 0.25) is 0 Å². The molecule has 2 aliphatic heterocycles. The summed E-state index contributed by atoms with van der Waals surface area (Å²) in [4.78, 5) is 14.2. The van der Waals surface area contributed by atoms with E-state index in [4.69, 9.17) is 4.74 Å². The molecule has 0 saturated carbocycles. The third-order valence-electron chi connectivity index (χ3n) is 4.48. The predicted molar refractivity (Wildman–Crippen MR) is 90.8 cm³/mol. The van der Waals surface area contributed by atoms with Gasteiger partial charge in [-0.2, -0.15) is 4.31 Å². The Morgan fingerprint density at radius 1 is 1.25 bits per heavy atom. The smallest absolute Gasteiger partial charge is 0.321 e. The molecule has 0 radical (unpaired) electrons. The number of benzene rings is 1. The first kappa shape index (κ1) is 17.2. The number of anilines is 1. The fourth-order valence-corrected chi connectivity index (χ4v) is 4.75. The van der Waals surface area contributed by atoms with E-state index in [0.717, 1.165) is 24.1 Å². The molecular weight excluding hydrogens is 330 g/mol. The number of nitrogens with one attached hydrogen (secondary N) is 1. The molecule has 0 aliphatic carbocycles. The Bertz CT molecular complexity index is 714. The number of hydrogen-bond acceptors (Lipinski definition) is 4. The molecule has 0 atom stereocenters. The Labute approximate surface area is 142 Å². The van der Waals surface area contributed by atoms with Gasteiger partial charge in [-0.15, -0.1) is 0 Å². The van der Waals surface area contributed by atoms with E-state index in [0.29, 0.717) is 44.1 Å². The predicted octanol–water partition coefficient (Wildman–Crippen LogP) is 1.19. The lowest BCUT2D eigenvalue weighted by molar-refractivity contribution is 0.197. The maximum atomic E-state index is 12.6. The number of carbonyl (C=O) groups is 1. The monoisotopic (exact) mass is 353 g/mol. The minimum absolute atomic E-state index is 0.180. The Morgan fingerprint density at radius 2 is 2.00 bits per heavy atom. The van der Waals surface area contributed by atoms with Gasteiger partial charge in [-0.05, 0) is 43.0 Å². The number of rotatable bonds is 5. The molecule has 7 nitrogen and oxygen atoms in total. The van der Waals surface area contributed by atoms with Gasteiger partial charge in [0.1, 0.15) is 0 Å². The molecule has 1 saturated heterocycles. The summed E-state index contributed by atoms with van der Waals surface area (Å²) < 4.78 is 31.7. The number of amides is 2. The molecule has 0 aromatic heterocycles. The number of sulfonamides is 1. The number of nitrogens with zero attached hydrogens (tertiary/aromatic N) is 2. The molecular formula is C16H23N3O4S. The molecule has 2 amide bonds. The van der Waals surface area contributed by atoms with E-state index in [9.17, 15) is 13.2 Å². The number of carbonyl (C=O) groups excluding carboxylic acids is 1. The molecule has 24 heavy (non-hydrogen) atoms. The van der Waals surface area contributed by atoms with Crippen LogP contribution in [0.15, 0.2) is 23.1 Å². The van der Waals surface area contributed by atoms with Crippen molar-refractivity contribution in [2.24, 2.45) is 0 Å². The van der Waals surface area contributed by atoms with Gasteiger partial charge in [0.2, 0.25) is 10.0 Å². The molecule has 0 bridgehead atoms. The zero-order valence-electron chi connectivity index (χ0n) is 13.8. The van der Waals surface area contributed by atoms with Crippen molar-refractivity contribution < 1.29 is 17.9 Å². The lowest BCUT2D eigenvalue weighted by atomic mass is 10.2. The van der Waals surface area contributed by atoms with E-state index in [2.05, 4.69) is 5.32 Å². The molecule has 1 aromatic rings. The highest BCUT2D eigenvalue weighted by Gasteiger charge is 2.30. The van der Waals surface area contributed by atoms with Crippen LogP contribution in [-0.2, 0) is 21.2 Å². The van der Waals surface area contributed by atoms with Gasteiger partial charge in [-0.3, -0.25) is 4.90 Å². The fraction of sp³-hybridized carbons (Fsp3) is 0.562. The van der Waals surface area contributed by atoms with Crippen molar-refractivity contribution in [3.8, 4) is 0 Å². The van der Waals surface area contributed by atoms with Crippen molar-refractivity contribution in [3.63, 3.8) is 0 Å². The van der Waals surface area contributed by atoms with Crippen LogP contribution in [0.4, 0.5) is 10.5 Å². The van der Waals surface area contributed by atoms with Gasteiger partial charge in [0.25, 0.3) is 0 Å². The molecule has 0 spiro atoms. The van der Waals surface area contributed by atoms with Crippen molar-refractivity contribution in [2.45, 2.75) is 24.2 Å². The van der Waals surface area contributed by atoms with Gasteiger partial charge in [0.05, 0.1) is 11.5 Å². The van der Waals surface area contributed by atoms with Crippen LogP contribution in [0.1, 0.15) is 18.4 Å². The lowest BCUT2D eigenvalue weighted by Crippen LogP contribution is -2.40. The summed E-state index contributed by atoms with van der Waals surface area (Å²) in [7, 11) is -1.83. The summed E-state index contributed by atoms with van der Waals surface area (Å²) in [5.74, 6) is 0. The van der Waals surface area contributed by atoms with E-state index in [1.165, 1.54) is 0 Å². The van der Waals surface area contributed by atoms with Crippen molar-refractivity contribution >= 4 is 21.7 Å². The van der Waals surface area contributed by atoms with Crippen LogP contribution < -0.4 is 10.2 Å². The van der Waals surface area contributed by atoms with E-state index in [1.54, 1.807) is 34.5 Å². The SMILES string of the molecule is COCCNC(=O)N1CCc2cc(S(=O)(=O)N3CCCC3)ccc21. The Morgan fingerprint density at radius 3 is 2.71 bits per heavy atom. The quantitative estimate of drug-likeness (QED) is 0.807. The molecule has 132 valence electrons. The molecule has 0 unspecified atom stereocenters. The molecule has 8 heteroatoms. The molecule has 3 rings (SSSR count).